The number of rotatable bonds is 1. The molecule has 1 N–H and O–H groups in total. The van der Waals surface area contributed by atoms with Crippen molar-refractivity contribution in [3.63, 3.8) is 0 Å². The molecule has 0 saturated carbocycles. The Morgan fingerprint density at radius 2 is 1.87 bits per heavy atom. The Morgan fingerprint density at radius 3 is 2.53 bits per heavy atom. The average molecular weight is 267 g/mol. The number of aromatic hydroxyl groups is 1. The molecule has 0 amide bonds. The largest absolute Gasteiger partial charge is 0.508 e. The van der Waals surface area contributed by atoms with Crippen LogP contribution in [0.3, 0.4) is 0 Å². The maximum Gasteiger partial charge on any atom is 0.134 e. The summed E-state index contributed by atoms with van der Waals surface area (Å²) in [5.74, 6) is -0.487. The zero-order valence-corrected chi connectivity index (χ0v) is 9.33. The first kappa shape index (κ1) is 10.2. The summed E-state index contributed by atoms with van der Waals surface area (Å²) >= 11 is 3.33. The van der Waals surface area contributed by atoms with Crippen molar-refractivity contribution in [2.24, 2.45) is 0 Å². The number of hydrogen-bond acceptors (Lipinski definition) is 1. The minimum atomic E-state index is -0.423. The third-order valence-corrected chi connectivity index (χ3v) is 2.58. The van der Waals surface area contributed by atoms with Crippen molar-refractivity contribution in [3.05, 3.63) is 52.8 Å². The molecule has 3 heteroatoms. The Morgan fingerprint density at radius 1 is 1.07 bits per heavy atom. The maximum absolute atomic E-state index is 13.5. The predicted molar refractivity (Wildman–Crippen MR) is 61.2 cm³/mol. The van der Waals surface area contributed by atoms with E-state index < -0.39 is 5.82 Å². The third-order valence-electron chi connectivity index (χ3n) is 2.09. The van der Waals surface area contributed by atoms with E-state index in [9.17, 15) is 4.39 Å². The fourth-order valence-electron chi connectivity index (χ4n) is 1.39. The summed E-state index contributed by atoms with van der Waals surface area (Å²) in [6.07, 6.45) is 0. The Kier molecular flexibility index (Phi) is 2.73. The van der Waals surface area contributed by atoms with E-state index in [1.807, 2.05) is 24.3 Å². The van der Waals surface area contributed by atoms with Crippen molar-refractivity contribution in [1.82, 2.24) is 0 Å². The zero-order valence-electron chi connectivity index (χ0n) is 7.74. The highest BCUT2D eigenvalue weighted by Gasteiger charge is 2.05. The summed E-state index contributed by atoms with van der Waals surface area (Å²) in [5, 5.41) is 9.09. The number of hydrogen-bond donors (Lipinski definition) is 1. The van der Waals surface area contributed by atoms with Crippen LogP contribution in [0.15, 0.2) is 46.9 Å². The molecule has 0 aliphatic carbocycles. The molecule has 0 fully saturated rings. The lowest BCUT2D eigenvalue weighted by molar-refractivity contribution is 0.469. The van der Waals surface area contributed by atoms with Crippen LogP contribution in [-0.4, -0.2) is 5.11 Å². The molecule has 0 saturated heterocycles. The summed E-state index contributed by atoms with van der Waals surface area (Å²) in [5.41, 5.74) is 1.26. The Bertz CT molecular complexity index is 497. The fraction of sp³-hybridized carbons (Fsp3) is 0. The first-order valence-electron chi connectivity index (χ1n) is 4.41. The molecule has 2 aromatic rings. The monoisotopic (exact) mass is 266 g/mol. The lowest BCUT2D eigenvalue weighted by atomic mass is 10.1. The van der Waals surface area contributed by atoms with Gasteiger partial charge in [-0.15, -0.1) is 0 Å². The molecule has 76 valence electrons. The molecule has 2 rings (SSSR count). The van der Waals surface area contributed by atoms with Gasteiger partial charge in [0.15, 0.2) is 0 Å². The Hall–Kier alpha value is -1.35. The molecule has 15 heavy (non-hydrogen) atoms. The molecule has 0 aromatic heterocycles. The van der Waals surface area contributed by atoms with Crippen LogP contribution in [0.4, 0.5) is 4.39 Å². The van der Waals surface area contributed by atoms with Crippen LogP contribution in [0.1, 0.15) is 0 Å². The number of phenols is 1. The normalized spacial score (nSPS) is 10.3. The van der Waals surface area contributed by atoms with E-state index >= 15 is 0 Å². The quantitative estimate of drug-likeness (QED) is 0.829. The van der Waals surface area contributed by atoms with Crippen LogP contribution >= 0.6 is 15.9 Å². The van der Waals surface area contributed by atoms with Crippen molar-refractivity contribution in [3.8, 4) is 16.9 Å². The van der Waals surface area contributed by atoms with Gasteiger partial charge in [0.05, 0.1) is 0 Å². The van der Waals surface area contributed by atoms with Crippen LogP contribution in [0, 0.1) is 5.82 Å². The van der Waals surface area contributed by atoms with Gasteiger partial charge in [0.1, 0.15) is 11.6 Å². The minimum absolute atomic E-state index is 0.0637. The molecule has 0 bridgehead atoms. The van der Waals surface area contributed by atoms with Gasteiger partial charge < -0.3 is 5.11 Å². The average Bonchev–Trinajstić information content (AvgIpc) is 2.17. The van der Waals surface area contributed by atoms with Gasteiger partial charge in [-0.1, -0.05) is 28.1 Å². The van der Waals surface area contributed by atoms with Crippen LogP contribution in [0.5, 0.6) is 5.75 Å². The van der Waals surface area contributed by atoms with E-state index in [0.29, 0.717) is 5.56 Å². The van der Waals surface area contributed by atoms with E-state index in [1.165, 1.54) is 6.07 Å². The van der Waals surface area contributed by atoms with Gasteiger partial charge >= 0.3 is 0 Å². The van der Waals surface area contributed by atoms with Crippen molar-refractivity contribution >= 4 is 15.9 Å². The highest BCUT2D eigenvalue weighted by atomic mass is 79.9. The third kappa shape index (κ3) is 2.18. The van der Waals surface area contributed by atoms with Crippen molar-refractivity contribution in [2.75, 3.05) is 0 Å². The zero-order chi connectivity index (χ0) is 10.8. The molecule has 0 unspecified atom stereocenters. The maximum atomic E-state index is 13.5. The van der Waals surface area contributed by atoms with E-state index in [1.54, 1.807) is 6.07 Å². The molecule has 2 aromatic carbocycles. The summed E-state index contributed by atoms with van der Waals surface area (Å²) in [7, 11) is 0. The van der Waals surface area contributed by atoms with Gasteiger partial charge in [0.25, 0.3) is 0 Å². The van der Waals surface area contributed by atoms with Gasteiger partial charge in [-0.05, 0) is 29.8 Å². The van der Waals surface area contributed by atoms with Gasteiger partial charge in [-0.3, -0.25) is 0 Å². The predicted octanol–water partition coefficient (Wildman–Crippen LogP) is 3.96. The molecule has 0 spiro atoms. The number of halogens is 2. The molecule has 0 radical (unpaired) electrons. The smallest absolute Gasteiger partial charge is 0.134 e. The van der Waals surface area contributed by atoms with E-state index in [-0.39, 0.29) is 5.75 Å². The van der Waals surface area contributed by atoms with Crippen LogP contribution < -0.4 is 0 Å². The second kappa shape index (κ2) is 4.03. The number of benzene rings is 2. The molecule has 0 atom stereocenters. The number of phenolic OH excluding ortho intramolecular Hbond substituents is 1. The molecule has 0 heterocycles. The Balaban J connectivity index is 2.54. The molecular weight excluding hydrogens is 259 g/mol. The van der Waals surface area contributed by atoms with Crippen molar-refractivity contribution < 1.29 is 9.50 Å². The van der Waals surface area contributed by atoms with Gasteiger partial charge in [-0.2, -0.15) is 0 Å². The summed E-state index contributed by atoms with van der Waals surface area (Å²) in [6.45, 7) is 0. The summed E-state index contributed by atoms with van der Waals surface area (Å²) in [6, 6.07) is 11.5. The van der Waals surface area contributed by atoms with Crippen molar-refractivity contribution in [1.29, 1.82) is 0 Å². The van der Waals surface area contributed by atoms with Crippen molar-refractivity contribution in [2.45, 2.75) is 0 Å². The van der Waals surface area contributed by atoms with Gasteiger partial charge in [0.2, 0.25) is 0 Å². The van der Waals surface area contributed by atoms with E-state index in [4.69, 9.17) is 5.11 Å². The first-order chi connectivity index (χ1) is 7.16. The van der Waals surface area contributed by atoms with Gasteiger partial charge in [-0.25, -0.2) is 4.39 Å². The van der Waals surface area contributed by atoms with Crippen LogP contribution in [-0.2, 0) is 0 Å². The minimum Gasteiger partial charge on any atom is -0.508 e. The first-order valence-corrected chi connectivity index (χ1v) is 5.20. The molecular formula is C12H8BrFO. The lowest BCUT2D eigenvalue weighted by Gasteiger charge is -2.04. The SMILES string of the molecule is Oc1ccc(-c2cccc(Br)c2)c(F)c1. The fourth-order valence-corrected chi connectivity index (χ4v) is 1.79. The van der Waals surface area contributed by atoms with Crippen LogP contribution in [0.25, 0.3) is 11.1 Å². The van der Waals surface area contributed by atoms with E-state index in [0.717, 1.165) is 16.1 Å². The Labute approximate surface area is 95.3 Å². The van der Waals surface area contributed by atoms with Gasteiger partial charge in [0, 0.05) is 16.1 Å². The molecule has 1 nitrogen and oxygen atoms in total. The van der Waals surface area contributed by atoms with Crippen LogP contribution in [0.2, 0.25) is 0 Å². The second-order valence-electron chi connectivity index (χ2n) is 3.17. The standard InChI is InChI=1S/C12H8BrFO/c13-9-3-1-2-8(6-9)11-5-4-10(15)7-12(11)14/h1-7,15H. The molecule has 0 aliphatic rings. The summed E-state index contributed by atoms with van der Waals surface area (Å²) in [4.78, 5) is 0. The topological polar surface area (TPSA) is 20.2 Å². The lowest BCUT2D eigenvalue weighted by Crippen LogP contribution is -1.83. The van der Waals surface area contributed by atoms with E-state index in [2.05, 4.69) is 15.9 Å². The second-order valence-corrected chi connectivity index (χ2v) is 4.09. The highest BCUT2D eigenvalue weighted by Crippen LogP contribution is 2.27. The highest BCUT2D eigenvalue weighted by molar-refractivity contribution is 9.10. The summed E-state index contributed by atoms with van der Waals surface area (Å²) < 4.78 is 14.4. The molecule has 0 aliphatic heterocycles.